The van der Waals surface area contributed by atoms with Crippen molar-refractivity contribution in [3.63, 3.8) is 0 Å². The molecule has 0 spiro atoms. The van der Waals surface area contributed by atoms with Crippen LogP contribution < -0.4 is 9.47 Å². The summed E-state index contributed by atoms with van der Waals surface area (Å²) in [6, 6.07) is 3.69. The van der Waals surface area contributed by atoms with Crippen molar-refractivity contribution in [3.05, 3.63) is 17.7 Å². The third kappa shape index (κ3) is 4.61. The number of pyridine rings is 1. The van der Waals surface area contributed by atoms with Gasteiger partial charge in [0.15, 0.2) is 0 Å². The van der Waals surface area contributed by atoms with Crippen molar-refractivity contribution in [3.8, 4) is 11.8 Å². The zero-order valence-electron chi connectivity index (χ0n) is 10.8. The van der Waals surface area contributed by atoms with Crippen molar-refractivity contribution in [1.82, 2.24) is 4.98 Å². The Kier molecular flexibility index (Phi) is 5.77. The summed E-state index contributed by atoms with van der Waals surface area (Å²) in [5.74, 6) is 1.08. The number of rotatable bonds is 7. The predicted octanol–water partition coefficient (Wildman–Crippen LogP) is 2.19. The van der Waals surface area contributed by atoms with E-state index in [0.29, 0.717) is 24.8 Å². The smallest absolute Gasteiger partial charge is 0.216 e. The molecule has 1 aromatic heterocycles. The van der Waals surface area contributed by atoms with Crippen LogP contribution in [0.15, 0.2) is 12.1 Å². The van der Waals surface area contributed by atoms with E-state index in [4.69, 9.17) is 9.47 Å². The maximum atomic E-state index is 9.64. The molecule has 0 fully saturated rings. The minimum absolute atomic E-state index is 0.332. The number of aromatic nitrogens is 1. The molecule has 0 bridgehead atoms. The van der Waals surface area contributed by atoms with Crippen molar-refractivity contribution >= 4 is 0 Å². The molecule has 1 atom stereocenters. The summed E-state index contributed by atoms with van der Waals surface area (Å²) >= 11 is 0. The van der Waals surface area contributed by atoms with Crippen LogP contribution in [0, 0.1) is 0 Å². The third-order valence-corrected chi connectivity index (χ3v) is 2.44. The first-order valence-electron chi connectivity index (χ1n) is 6.05. The Morgan fingerprint density at radius 3 is 2.59 bits per heavy atom. The minimum Gasteiger partial charge on any atom is -0.481 e. The van der Waals surface area contributed by atoms with Crippen LogP contribution in [-0.4, -0.2) is 29.9 Å². The van der Waals surface area contributed by atoms with Crippen LogP contribution in [0.4, 0.5) is 0 Å². The van der Waals surface area contributed by atoms with Crippen LogP contribution in [-0.2, 0) is 6.42 Å². The Morgan fingerprint density at radius 2 is 2.00 bits per heavy atom. The molecule has 1 heterocycles. The van der Waals surface area contributed by atoms with E-state index in [2.05, 4.69) is 4.98 Å². The molecule has 0 radical (unpaired) electrons. The van der Waals surface area contributed by atoms with Gasteiger partial charge in [0.2, 0.25) is 11.8 Å². The molecule has 0 aromatic carbocycles. The second-order valence-electron chi connectivity index (χ2n) is 3.97. The van der Waals surface area contributed by atoms with E-state index in [1.807, 2.05) is 26.0 Å². The van der Waals surface area contributed by atoms with Crippen LogP contribution >= 0.6 is 0 Å². The first-order valence-corrected chi connectivity index (χ1v) is 6.05. The predicted molar refractivity (Wildman–Crippen MR) is 66.6 cm³/mol. The SMILES string of the molecule is CCCOc1cc(CC(O)CC)cc(OC)n1. The van der Waals surface area contributed by atoms with Crippen LogP contribution in [0.5, 0.6) is 11.8 Å². The normalized spacial score (nSPS) is 12.2. The summed E-state index contributed by atoms with van der Waals surface area (Å²) in [5, 5.41) is 9.64. The summed E-state index contributed by atoms with van der Waals surface area (Å²) in [6.45, 7) is 4.63. The molecule has 4 heteroatoms. The van der Waals surface area contributed by atoms with Crippen LogP contribution in [0.1, 0.15) is 32.3 Å². The van der Waals surface area contributed by atoms with Gasteiger partial charge in [-0.15, -0.1) is 0 Å². The molecule has 1 N–H and O–H groups in total. The zero-order valence-corrected chi connectivity index (χ0v) is 10.8. The molecule has 0 saturated heterocycles. The standard InChI is InChI=1S/C13H21NO3/c1-4-6-17-13-9-10(7-11(15)5-2)8-12(14-13)16-3/h8-9,11,15H,4-7H2,1-3H3. The Hall–Kier alpha value is -1.29. The summed E-state index contributed by atoms with van der Waals surface area (Å²) in [7, 11) is 1.58. The highest BCUT2D eigenvalue weighted by molar-refractivity contribution is 5.29. The summed E-state index contributed by atoms with van der Waals surface area (Å²) < 4.78 is 10.6. The fourth-order valence-corrected chi connectivity index (χ4v) is 1.45. The number of aliphatic hydroxyl groups excluding tert-OH is 1. The highest BCUT2D eigenvalue weighted by Gasteiger charge is 2.08. The van der Waals surface area contributed by atoms with Crippen molar-refractivity contribution in [2.75, 3.05) is 13.7 Å². The summed E-state index contributed by atoms with van der Waals surface area (Å²) in [6.07, 6.45) is 1.93. The van der Waals surface area contributed by atoms with Crippen LogP contribution in [0.3, 0.4) is 0 Å². The van der Waals surface area contributed by atoms with Crippen molar-refractivity contribution < 1.29 is 14.6 Å². The van der Waals surface area contributed by atoms with E-state index in [-0.39, 0.29) is 6.10 Å². The van der Waals surface area contributed by atoms with Gasteiger partial charge in [0.25, 0.3) is 0 Å². The van der Waals surface area contributed by atoms with Gasteiger partial charge in [0.1, 0.15) is 0 Å². The van der Waals surface area contributed by atoms with E-state index in [9.17, 15) is 5.11 Å². The van der Waals surface area contributed by atoms with Gasteiger partial charge < -0.3 is 14.6 Å². The number of nitrogens with zero attached hydrogens (tertiary/aromatic N) is 1. The van der Waals surface area contributed by atoms with Gasteiger partial charge in [-0.25, -0.2) is 0 Å². The Morgan fingerprint density at radius 1 is 1.29 bits per heavy atom. The lowest BCUT2D eigenvalue weighted by molar-refractivity contribution is 0.170. The van der Waals surface area contributed by atoms with Crippen molar-refractivity contribution in [1.29, 1.82) is 0 Å². The molecule has 0 saturated carbocycles. The molecule has 0 aliphatic carbocycles. The summed E-state index contributed by atoms with van der Waals surface area (Å²) in [4.78, 5) is 4.20. The average Bonchev–Trinajstić information content (AvgIpc) is 2.35. The molecular weight excluding hydrogens is 218 g/mol. The summed E-state index contributed by atoms with van der Waals surface area (Å²) in [5.41, 5.74) is 0.984. The molecule has 1 rings (SSSR count). The van der Waals surface area contributed by atoms with Gasteiger partial charge in [0.05, 0.1) is 19.8 Å². The lowest BCUT2D eigenvalue weighted by Crippen LogP contribution is -2.09. The topological polar surface area (TPSA) is 51.6 Å². The highest BCUT2D eigenvalue weighted by Crippen LogP contribution is 2.19. The van der Waals surface area contributed by atoms with E-state index in [1.54, 1.807) is 7.11 Å². The molecule has 0 aliphatic heterocycles. The molecule has 0 amide bonds. The van der Waals surface area contributed by atoms with E-state index >= 15 is 0 Å². The maximum absolute atomic E-state index is 9.64. The number of hydrogen-bond donors (Lipinski definition) is 1. The largest absolute Gasteiger partial charge is 0.481 e. The van der Waals surface area contributed by atoms with Gasteiger partial charge in [-0.05, 0) is 24.8 Å². The lowest BCUT2D eigenvalue weighted by Gasteiger charge is -2.11. The first-order chi connectivity index (χ1) is 8.19. The molecule has 0 aliphatic rings. The number of ether oxygens (including phenoxy) is 2. The number of methoxy groups -OCH3 is 1. The Balaban J connectivity index is 2.80. The van der Waals surface area contributed by atoms with Crippen molar-refractivity contribution in [2.45, 2.75) is 39.2 Å². The average molecular weight is 239 g/mol. The van der Waals surface area contributed by atoms with Crippen LogP contribution in [0.25, 0.3) is 0 Å². The molecule has 1 unspecified atom stereocenters. The van der Waals surface area contributed by atoms with Gasteiger partial charge in [0, 0.05) is 12.1 Å². The number of aliphatic hydroxyl groups is 1. The van der Waals surface area contributed by atoms with Gasteiger partial charge in [-0.1, -0.05) is 13.8 Å². The molecule has 1 aromatic rings. The first kappa shape index (κ1) is 13.8. The van der Waals surface area contributed by atoms with Gasteiger partial charge >= 0.3 is 0 Å². The zero-order chi connectivity index (χ0) is 12.7. The van der Waals surface area contributed by atoms with E-state index in [0.717, 1.165) is 18.4 Å². The molecule has 96 valence electrons. The maximum Gasteiger partial charge on any atom is 0.216 e. The van der Waals surface area contributed by atoms with Crippen LogP contribution in [0.2, 0.25) is 0 Å². The lowest BCUT2D eigenvalue weighted by atomic mass is 10.1. The Bertz CT molecular complexity index is 341. The quantitative estimate of drug-likeness (QED) is 0.792. The fourth-order valence-electron chi connectivity index (χ4n) is 1.45. The highest BCUT2D eigenvalue weighted by atomic mass is 16.5. The molecular formula is C13H21NO3. The second kappa shape index (κ2) is 7.12. The second-order valence-corrected chi connectivity index (χ2v) is 3.97. The van der Waals surface area contributed by atoms with Gasteiger partial charge in [-0.3, -0.25) is 0 Å². The van der Waals surface area contributed by atoms with E-state index < -0.39 is 0 Å². The van der Waals surface area contributed by atoms with Crippen molar-refractivity contribution in [2.24, 2.45) is 0 Å². The third-order valence-electron chi connectivity index (χ3n) is 2.44. The minimum atomic E-state index is -0.332. The molecule has 17 heavy (non-hydrogen) atoms. The monoisotopic (exact) mass is 239 g/mol. The van der Waals surface area contributed by atoms with Gasteiger partial charge in [-0.2, -0.15) is 4.98 Å². The van der Waals surface area contributed by atoms with E-state index in [1.165, 1.54) is 0 Å². The molecule has 4 nitrogen and oxygen atoms in total. The fraction of sp³-hybridized carbons (Fsp3) is 0.615. The Labute approximate surface area is 103 Å². The number of hydrogen-bond acceptors (Lipinski definition) is 4.